The van der Waals surface area contributed by atoms with E-state index in [2.05, 4.69) is 20.9 Å². The number of halogens is 1. The first-order valence-corrected chi connectivity index (χ1v) is 5.72. The predicted molar refractivity (Wildman–Crippen MR) is 61.8 cm³/mol. The molecule has 5 nitrogen and oxygen atoms in total. The number of ether oxygens (including phenoxy) is 1. The highest BCUT2D eigenvalue weighted by Gasteiger charge is 2.27. The average molecular weight is 286 g/mol. The second-order valence-electron chi connectivity index (χ2n) is 3.56. The molecule has 1 aliphatic heterocycles. The fourth-order valence-electron chi connectivity index (χ4n) is 1.75. The van der Waals surface area contributed by atoms with Crippen molar-refractivity contribution in [3.8, 4) is 0 Å². The standard InChI is InChI=1S/C10H12BrN3O2/c11-8-3-7(4-13-5-8)9-6-16-2-1-14(9)10(12)15/h3-5,9H,1-2,6H2,(H2,12,15). The lowest BCUT2D eigenvalue weighted by Gasteiger charge is -2.34. The zero-order valence-electron chi connectivity index (χ0n) is 8.60. The molecular weight excluding hydrogens is 274 g/mol. The molecule has 0 aromatic carbocycles. The molecule has 1 aromatic rings. The minimum atomic E-state index is -0.423. The number of amides is 2. The Morgan fingerprint density at radius 3 is 3.12 bits per heavy atom. The van der Waals surface area contributed by atoms with E-state index in [1.807, 2.05) is 6.07 Å². The molecule has 2 heterocycles. The molecule has 86 valence electrons. The van der Waals surface area contributed by atoms with Crippen LogP contribution in [0, 0.1) is 0 Å². The van der Waals surface area contributed by atoms with Gasteiger partial charge in [-0.2, -0.15) is 0 Å². The Morgan fingerprint density at radius 2 is 2.44 bits per heavy atom. The lowest BCUT2D eigenvalue weighted by molar-refractivity contribution is 0.0136. The Hall–Kier alpha value is -1.14. The van der Waals surface area contributed by atoms with Gasteiger partial charge in [0.05, 0.1) is 19.3 Å². The minimum absolute atomic E-state index is 0.142. The summed E-state index contributed by atoms with van der Waals surface area (Å²) in [7, 11) is 0. The summed E-state index contributed by atoms with van der Waals surface area (Å²) in [5.74, 6) is 0. The van der Waals surface area contributed by atoms with Gasteiger partial charge in [-0.25, -0.2) is 4.79 Å². The van der Waals surface area contributed by atoms with Gasteiger partial charge in [0.2, 0.25) is 0 Å². The van der Waals surface area contributed by atoms with Gasteiger partial charge >= 0.3 is 6.03 Å². The number of aromatic nitrogens is 1. The molecule has 0 radical (unpaired) electrons. The van der Waals surface area contributed by atoms with Gasteiger partial charge in [-0.15, -0.1) is 0 Å². The summed E-state index contributed by atoms with van der Waals surface area (Å²) in [6, 6.07) is 1.35. The van der Waals surface area contributed by atoms with Crippen LogP contribution >= 0.6 is 15.9 Å². The van der Waals surface area contributed by atoms with Gasteiger partial charge in [-0.3, -0.25) is 4.98 Å². The Bertz CT molecular complexity index is 399. The Balaban J connectivity index is 2.26. The SMILES string of the molecule is NC(=O)N1CCOCC1c1cncc(Br)c1. The third-order valence-electron chi connectivity index (χ3n) is 2.52. The first kappa shape index (κ1) is 11.3. The monoisotopic (exact) mass is 285 g/mol. The van der Waals surface area contributed by atoms with Crippen molar-refractivity contribution in [3.05, 3.63) is 28.5 Å². The van der Waals surface area contributed by atoms with Crippen molar-refractivity contribution in [2.24, 2.45) is 5.73 Å². The number of rotatable bonds is 1. The van der Waals surface area contributed by atoms with Crippen LogP contribution in [0.25, 0.3) is 0 Å². The molecule has 1 aromatic heterocycles. The summed E-state index contributed by atoms with van der Waals surface area (Å²) < 4.78 is 6.24. The van der Waals surface area contributed by atoms with E-state index in [4.69, 9.17) is 10.5 Å². The number of carbonyl (C=O) groups is 1. The molecular formula is C10H12BrN3O2. The predicted octanol–water partition coefficient (Wildman–Crippen LogP) is 1.30. The van der Waals surface area contributed by atoms with Gasteiger partial charge in [0.15, 0.2) is 0 Å². The van der Waals surface area contributed by atoms with E-state index in [1.54, 1.807) is 17.3 Å². The van der Waals surface area contributed by atoms with Gasteiger partial charge in [-0.1, -0.05) is 0 Å². The van der Waals surface area contributed by atoms with Crippen LogP contribution < -0.4 is 5.73 Å². The summed E-state index contributed by atoms with van der Waals surface area (Å²) >= 11 is 3.35. The molecule has 1 atom stereocenters. The van der Waals surface area contributed by atoms with E-state index in [-0.39, 0.29) is 6.04 Å². The van der Waals surface area contributed by atoms with Crippen LogP contribution in [0.1, 0.15) is 11.6 Å². The first-order valence-electron chi connectivity index (χ1n) is 4.93. The number of primary amides is 1. The molecule has 6 heteroatoms. The van der Waals surface area contributed by atoms with E-state index < -0.39 is 6.03 Å². The van der Waals surface area contributed by atoms with Crippen LogP contribution in [0.2, 0.25) is 0 Å². The second kappa shape index (κ2) is 4.80. The summed E-state index contributed by atoms with van der Waals surface area (Å²) in [6.07, 6.45) is 3.42. The quantitative estimate of drug-likeness (QED) is 0.846. The molecule has 0 saturated carbocycles. The number of morpholine rings is 1. The summed E-state index contributed by atoms with van der Waals surface area (Å²) in [6.45, 7) is 1.51. The van der Waals surface area contributed by atoms with E-state index in [1.165, 1.54) is 0 Å². The van der Waals surface area contributed by atoms with Crippen LogP contribution in [0.5, 0.6) is 0 Å². The number of carbonyl (C=O) groups excluding carboxylic acids is 1. The molecule has 2 rings (SSSR count). The smallest absolute Gasteiger partial charge is 0.315 e. The Kier molecular flexibility index (Phi) is 3.40. The van der Waals surface area contributed by atoms with Gasteiger partial charge < -0.3 is 15.4 Å². The van der Waals surface area contributed by atoms with Crippen molar-refractivity contribution in [2.45, 2.75) is 6.04 Å². The molecule has 1 saturated heterocycles. The molecule has 2 N–H and O–H groups in total. The summed E-state index contributed by atoms with van der Waals surface area (Å²) in [5.41, 5.74) is 6.26. The van der Waals surface area contributed by atoms with E-state index >= 15 is 0 Å². The van der Waals surface area contributed by atoms with Gasteiger partial charge in [0, 0.05) is 23.4 Å². The molecule has 0 bridgehead atoms. The molecule has 1 unspecified atom stereocenters. The molecule has 16 heavy (non-hydrogen) atoms. The van der Waals surface area contributed by atoms with Crippen LogP contribution in [0.3, 0.4) is 0 Å². The number of hydrogen-bond acceptors (Lipinski definition) is 3. The van der Waals surface area contributed by atoms with Crippen LogP contribution in [0.4, 0.5) is 4.79 Å². The molecule has 0 aliphatic carbocycles. The maximum atomic E-state index is 11.3. The largest absolute Gasteiger partial charge is 0.377 e. The topological polar surface area (TPSA) is 68.5 Å². The van der Waals surface area contributed by atoms with Crippen molar-refractivity contribution in [2.75, 3.05) is 19.8 Å². The maximum absolute atomic E-state index is 11.3. The summed E-state index contributed by atoms with van der Waals surface area (Å²) in [5, 5.41) is 0. The zero-order valence-corrected chi connectivity index (χ0v) is 10.2. The zero-order chi connectivity index (χ0) is 11.5. The van der Waals surface area contributed by atoms with Gasteiger partial charge in [0.25, 0.3) is 0 Å². The molecule has 1 fully saturated rings. The van der Waals surface area contributed by atoms with Crippen molar-refractivity contribution in [1.82, 2.24) is 9.88 Å². The Labute approximate surface area is 102 Å². The Morgan fingerprint density at radius 1 is 1.62 bits per heavy atom. The maximum Gasteiger partial charge on any atom is 0.315 e. The molecule has 0 spiro atoms. The third kappa shape index (κ3) is 2.33. The normalized spacial score (nSPS) is 20.8. The molecule has 1 aliphatic rings. The number of nitrogens with zero attached hydrogens (tertiary/aromatic N) is 2. The van der Waals surface area contributed by atoms with Crippen molar-refractivity contribution < 1.29 is 9.53 Å². The lowest BCUT2D eigenvalue weighted by atomic mass is 10.1. The second-order valence-corrected chi connectivity index (χ2v) is 4.47. The van der Waals surface area contributed by atoms with Crippen molar-refractivity contribution in [3.63, 3.8) is 0 Å². The average Bonchev–Trinajstić information content (AvgIpc) is 2.29. The van der Waals surface area contributed by atoms with Crippen LogP contribution in [-0.4, -0.2) is 35.7 Å². The van der Waals surface area contributed by atoms with Crippen molar-refractivity contribution >= 4 is 22.0 Å². The molecule has 2 amide bonds. The van der Waals surface area contributed by atoms with E-state index in [9.17, 15) is 4.79 Å². The van der Waals surface area contributed by atoms with Gasteiger partial charge in [0.1, 0.15) is 0 Å². The van der Waals surface area contributed by atoms with Crippen LogP contribution in [0.15, 0.2) is 22.9 Å². The lowest BCUT2D eigenvalue weighted by Crippen LogP contribution is -2.46. The van der Waals surface area contributed by atoms with Crippen molar-refractivity contribution in [1.29, 1.82) is 0 Å². The first-order chi connectivity index (χ1) is 7.68. The van der Waals surface area contributed by atoms with E-state index in [0.717, 1.165) is 10.0 Å². The van der Waals surface area contributed by atoms with E-state index in [0.29, 0.717) is 19.8 Å². The highest BCUT2D eigenvalue weighted by molar-refractivity contribution is 9.10. The number of urea groups is 1. The number of pyridine rings is 1. The van der Waals surface area contributed by atoms with Gasteiger partial charge in [-0.05, 0) is 27.6 Å². The summed E-state index contributed by atoms with van der Waals surface area (Å²) in [4.78, 5) is 17.0. The number of nitrogens with two attached hydrogens (primary N) is 1. The fourth-order valence-corrected chi connectivity index (χ4v) is 2.14. The van der Waals surface area contributed by atoms with Crippen LogP contribution in [-0.2, 0) is 4.74 Å². The number of hydrogen-bond donors (Lipinski definition) is 1. The third-order valence-corrected chi connectivity index (χ3v) is 2.96. The fraction of sp³-hybridized carbons (Fsp3) is 0.400. The highest BCUT2D eigenvalue weighted by Crippen LogP contribution is 2.25. The highest BCUT2D eigenvalue weighted by atomic mass is 79.9. The minimum Gasteiger partial charge on any atom is -0.377 e.